The summed E-state index contributed by atoms with van der Waals surface area (Å²) in [6, 6.07) is 9.68. The van der Waals surface area contributed by atoms with E-state index in [9.17, 15) is 5.11 Å². The van der Waals surface area contributed by atoms with Crippen LogP contribution in [0.1, 0.15) is 18.9 Å². The third-order valence-electron chi connectivity index (χ3n) is 2.23. The quantitative estimate of drug-likeness (QED) is 0.729. The second kappa shape index (κ2) is 6.16. The van der Waals surface area contributed by atoms with Crippen molar-refractivity contribution in [1.82, 2.24) is 0 Å². The molecule has 1 aromatic carbocycles. The number of aliphatic hydroxyl groups is 2. The van der Waals surface area contributed by atoms with Crippen molar-refractivity contribution in [1.29, 1.82) is 0 Å². The summed E-state index contributed by atoms with van der Waals surface area (Å²) in [5, 5.41) is 18.8. The Labute approximate surface area is 95.3 Å². The smallest absolute Gasteiger partial charge is 0.0958 e. The van der Waals surface area contributed by atoms with E-state index >= 15 is 0 Å². The molecule has 1 atom stereocenters. The molecule has 2 N–H and O–H groups in total. The lowest BCUT2D eigenvalue weighted by Gasteiger charge is -2.23. The van der Waals surface area contributed by atoms with Crippen molar-refractivity contribution >= 4 is 11.8 Å². The Morgan fingerprint density at radius 3 is 2.53 bits per heavy atom. The zero-order valence-corrected chi connectivity index (χ0v) is 9.83. The number of thioether (sulfide) groups is 1. The van der Waals surface area contributed by atoms with Gasteiger partial charge in [-0.15, -0.1) is 0 Å². The minimum absolute atomic E-state index is 0.223. The molecule has 3 heteroatoms. The fourth-order valence-corrected chi connectivity index (χ4v) is 2.36. The molecule has 0 fully saturated rings. The Balaban J connectivity index is 2.45. The van der Waals surface area contributed by atoms with E-state index in [2.05, 4.69) is 0 Å². The molecule has 1 rings (SSSR count). The Bertz CT molecular complexity index is 272. The lowest BCUT2D eigenvalue weighted by molar-refractivity contribution is 0.0839. The second-order valence-corrected chi connectivity index (χ2v) is 4.87. The lowest BCUT2D eigenvalue weighted by Crippen LogP contribution is -2.24. The molecule has 0 aliphatic carbocycles. The van der Waals surface area contributed by atoms with E-state index in [1.165, 1.54) is 0 Å². The van der Waals surface area contributed by atoms with Gasteiger partial charge in [0.15, 0.2) is 0 Å². The third-order valence-corrected chi connectivity index (χ3v) is 3.57. The normalized spacial score (nSPS) is 14.9. The highest BCUT2D eigenvalue weighted by Crippen LogP contribution is 2.24. The maximum atomic E-state index is 10.2. The van der Waals surface area contributed by atoms with Crippen LogP contribution in [-0.2, 0) is 5.60 Å². The fourth-order valence-electron chi connectivity index (χ4n) is 1.32. The van der Waals surface area contributed by atoms with Gasteiger partial charge in [0.25, 0.3) is 0 Å². The first-order chi connectivity index (χ1) is 7.17. The monoisotopic (exact) mass is 226 g/mol. The fraction of sp³-hybridized carbons (Fsp3) is 0.500. The zero-order chi connectivity index (χ0) is 11.1. The van der Waals surface area contributed by atoms with Crippen LogP contribution in [0.3, 0.4) is 0 Å². The van der Waals surface area contributed by atoms with Gasteiger partial charge in [0.2, 0.25) is 0 Å². The molecule has 15 heavy (non-hydrogen) atoms. The molecule has 0 saturated carbocycles. The van der Waals surface area contributed by atoms with Crippen molar-refractivity contribution in [3.05, 3.63) is 35.9 Å². The Hall–Kier alpha value is -0.510. The molecule has 0 spiro atoms. The number of hydrogen-bond acceptors (Lipinski definition) is 3. The highest BCUT2D eigenvalue weighted by molar-refractivity contribution is 7.99. The number of benzene rings is 1. The van der Waals surface area contributed by atoms with Crippen LogP contribution in [0.4, 0.5) is 0 Å². The van der Waals surface area contributed by atoms with Crippen LogP contribution in [0.5, 0.6) is 0 Å². The summed E-state index contributed by atoms with van der Waals surface area (Å²) in [6.07, 6.45) is 0.787. The third kappa shape index (κ3) is 4.24. The summed E-state index contributed by atoms with van der Waals surface area (Å²) in [4.78, 5) is 0. The molecule has 0 radical (unpaired) electrons. The predicted octanol–water partition coefficient (Wildman–Crippen LogP) is 2.01. The first-order valence-corrected chi connectivity index (χ1v) is 6.29. The van der Waals surface area contributed by atoms with Gasteiger partial charge in [-0.05, 0) is 24.7 Å². The predicted molar refractivity (Wildman–Crippen MR) is 65.0 cm³/mol. The second-order valence-electron chi connectivity index (χ2n) is 3.77. The largest absolute Gasteiger partial charge is 0.396 e. The molecule has 84 valence electrons. The summed E-state index contributed by atoms with van der Waals surface area (Å²) in [5.41, 5.74) is 0.169. The Morgan fingerprint density at radius 1 is 1.27 bits per heavy atom. The van der Waals surface area contributed by atoms with Gasteiger partial charge in [-0.2, -0.15) is 11.8 Å². The summed E-state index contributed by atoms with van der Waals surface area (Å²) in [5.74, 6) is 1.55. The number of hydrogen-bond donors (Lipinski definition) is 2. The van der Waals surface area contributed by atoms with Crippen LogP contribution < -0.4 is 0 Å². The van der Waals surface area contributed by atoms with Crippen LogP contribution >= 0.6 is 11.8 Å². The van der Waals surface area contributed by atoms with E-state index in [4.69, 9.17) is 5.11 Å². The van der Waals surface area contributed by atoms with E-state index < -0.39 is 5.60 Å². The lowest BCUT2D eigenvalue weighted by atomic mass is 9.99. The van der Waals surface area contributed by atoms with Gasteiger partial charge in [-0.1, -0.05) is 30.3 Å². The summed E-state index contributed by atoms with van der Waals surface area (Å²) < 4.78 is 0. The van der Waals surface area contributed by atoms with E-state index in [-0.39, 0.29) is 6.61 Å². The van der Waals surface area contributed by atoms with Gasteiger partial charge in [0.1, 0.15) is 0 Å². The maximum Gasteiger partial charge on any atom is 0.0958 e. The van der Waals surface area contributed by atoms with E-state index in [1.54, 1.807) is 11.8 Å². The van der Waals surface area contributed by atoms with Crippen molar-refractivity contribution in [2.45, 2.75) is 18.9 Å². The molecule has 0 aromatic heterocycles. The Morgan fingerprint density at radius 2 is 1.93 bits per heavy atom. The summed E-state index contributed by atoms with van der Waals surface area (Å²) >= 11 is 1.67. The molecule has 0 bridgehead atoms. The van der Waals surface area contributed by atoms with Gasteiger partial charge in [0, 0.05) is 12.4 Å². The van der Waals surface area contributed by atoms with E-state index in [0.29, 0.717) is 5.75 Å². The van der Waals surface area contributed by atoms with Crippen molar-refractivity contribution < 1.29 is 10.2 Å². The van der Waals surface area contributed by atoms with Gasteiger partial charge in [0.05, 0.1) is 5.60 Å². The first kappa shape index (κ1) is 12.6. The van der Waals surface area contributed by atoms with Crippen LogP contribution in [0.2, 0.25) is 0 Å². The molecular weight excluding hydrogens is 208 g/mol. The zero-order valence-electron chi connectivity index (χ0n) is 9.02. The van der Waals surface area contributed by atoms with E-state index in [0.717, 1.165) is 17.7 Å². The highest BCUT2D eigenvalue weighted by Gasteiger charge is 2.22. The van der Waals surface area contributed by atoms with Gasteiger partial charge < -0.3 is 10.2 Å². The SMILES string of the molecule is CC(O)(CSCCCO)c1ccccc1. The van der Waals surface area contributed by atoms with Crippen molar-refractivity contribution in [2.75, 3.05) is 18.1 Å². The van der Waals surface area contributed by atoms with Crippen LogP contribution in [-0.4, -0.2) is 28.3 Å². The standard InChI is InChI=1S/C12H18O2S/c1-12(14,10-15-9-5-8-13)11-6-3-2-4-7-11/h2-4,6-7,13-14H,5,8-10H2,1H3. The molecule has 1 unspecified atom stereocenters. The maximum absolute atomic E-state index is 10.2. The Kier molecular flexibility index (Phi) is 5.15. The van der Waals surface area contributed by atoms with Crippen molar-refractivity contribution in [3.63, 3.8) is 0 Å². The van der Waals surface area contributed by atoms with Gasteiger partial charge >= 0.3 is 0 Å². The topological polar surface area (TPSA) is 40.5 Å². The summed E-state index contributed by atoms with van der Waals surface area (Å²) in [7, 11) is 0. The van der Waals surface area contributed by atoms with Crippen LogP contribution in [0.25, 0.3) is 0 Å². The molecule has 0 saturated heterocycles. The first-order valence-electron chi connectivity index (χ1n) is 5.13. The molecular formula is C12H18O2S. The van der Waals surface area contributed by atoms with Crippen molar-refractivity contribution in [2.24, 2.45) is 0 Å². The molecule has 0 aliphatic heterocycles. The molecule has 2 nitrogen and oxygen atoms in total. The van der Waals surface area contributed by atoms with Crippen LogP contribution in [0, 0.1) is 0 Å². The van der Waals surface area contributed by atoms with Crippen LogP contribution in [0.15, 0.2) is 30.3 Å². The molecule has 0 aliphatic rings. The minimum Gasteiger partial charge on any atom is -0.396 e. The number of aliphatic hydroxyl groups excluding tert-OH is 1. The highest BCUT2D eigenvalue weighted by atomic mass is 32.2. The average molecular weight is 226 g/mol. The van der Waals surface area contributed by atoms with Crippen molar-refractivity contribution in [3.8, 4) is 0 Å². The molecule has 1 aromatic rings. The van der Waals surface area contributed by atoms with Gasteiger partial charge in [-0.3, -0.25) is 0 Å². The van der Waals surface area contributed by atoms with E-state index in [1.807, 2.05) is 37.3 Å². The summed E-state index contributed by atoms with van der Waals surface area (Å²) in [6.45, 7) is 2.05. The molecule has 0 heterocycles. The average Bonchev–Trinajstić information content (AvgIpc) is 2.26. The number of rotatable bonds is 6. The minimum atomic E-state index is -0.776. The molecule has 0 amide bonds. The van der Waals surface area contributed by atoms with Gasteiger partial charge in [-0.25, -0.2) is 0 Å².